The monoisotopic (exact) mass is 327 g/mol. The fourth-order valence-corrected chi connectivity index (χ4v) is 3.05. The van der Waals surface area contributed by atoms with E-state index in [0.29, 0.717) is 23.1 Å². The molecule has 2 heterocycles. The number of halogens is 1. The molecule has 0 aromatic carbocycles. The van der Waals surface area contributed by atoms with Crippen LogP contribution < -0.4 is 0 Å². The van der Waals surface area contributed by atoms with Crippen molar-refractivity contribution in [1.29, 1.82) is 0 Å². The lowest BCUT2D eigenvalue weighted by Gasteiger charge is -2.14. The predicted octanol–water partition coefficient (Wildman–Crippen LogP) is 3.53. The van der Waals surface area contributed by atoms with Gasteiger partial charge in [0, 0.05) is 24.4 Å². The van der Waals surface area contributed by atoms with Gasteiger partial charge in [-0.05, 0) is 12.1 Å². The number of furan rings is 1. The third kappa shape index (κ3) is 3.46. The summed E-state index contributed by atoms with van der Waals surface area (Å²) in [6, 6.07) is 4.89. The zero-order chi connectivity index (χ0) is 15.6. The topological polar surface area (TPSA) is 70.8 Å². The SMILES string of the molecule is CCc1oc(C(=O)N(C)Cc2ccc(Cl)s2)cc1C(=O)O. The number of carbonyl (C=O) groups is 2. The molecule has 0 saturated heterocycles. The quantitative estimate of drug-likeness (QED) is 0.912. The van der Waals surface area contributed by atoms with Crippen molar-refractivity contribution < 1.29 is 19.1 Å². The Morgan fingerprint density at radius 2 is 2.14 bits per heavy atom. The molecule has 0 aliphatic rings. The van der Waals surface area contributed by atoms with Crippen LogP contribution in [0.2, 0.25) is 4.34 Å². The number of nitrogens with zero attached hydrogens (tertiary/aromatic N) is 1. The van der Waals surface area contributed by atoms with Gasteiger partial charge in [0.05, 0.1) is 10.9 Å². The van der Waals surface area contributed by atoms with Gasteiger partial charge in [0.25, 0.3) is 5.91 Å². The van der Waals surface area contributed by atoms with Crippen molar-refractivity contribution >= 4 is 34.8 Å². The Morgan fingerprint density at radius 1 is 1.43 bits per heavy atom. The van der Waals surface area contributed by atoms with Gasteiger partial charge in [0.1, 0.15) is 11.3 Å². The van der Waals surface area contributed by atoms with Crippen molar-refractivity contribution in [3.8, 4) is 0 Å². The summed E-state index contributed by atoms with van der Waals surface area (Å²) in [5.74, 6) is -1.11. The number of aromatic carboxylic acids is 1. The highest BCUT2D eigenvalue weighted by molar-refractivity contribution is 7.16. The Kier molecular flexibility index (Phi) is 4.69. The summed E-state index contributed by atoms with van der Waals surface area (Å²) in [5, 5.41) is 9.07. The molecular formula is C14H14ClNO4S. The first kappa shape index (κ1) is 15.6. The molecule has 0 saturated carbocycles. The molecule has 2 aromatic heterocycles. The van der Waals surface area contributed by atoms with Gasteiger partial charge in [0.2, 0.25) is 0 Å². The Bertz CT molecular complexity index is 676. The van der Waals surface area contributed by atoms with Crippen LogP contribution in [0, 0.1) is 0 Å². The summed E-state index contributed by atoms with van der Waals surface area (Å²) >= 11 is 7.24. The minimum atomic E-state index is -1.10. The number of carboxylic acid groups (broad SMARTS) is 1. The Hall–Kier alpha value is -1.79. The molecule has 0 aliphatic heterocycles. The average Bonchev–Trinajstić information content (AvgIpc) is 3.04. The Morgan fingerprint density at radius 3 is 2.62 bits per heavy atom. The summed E-state index contributed by atoms with van der Waals surface area (Å²) in [7, 11) is 1.63. The molecule has 7 heteroatoms. The highest BCUT2D eigenvalue weighted by Crippen LogP contribution is 2.23. The first-order valence-corrected chi connectivity index (χ1v) is 7.47. The molecule has 5 nitrogen and oxygen atoms in total. The number of hydrogen-bond donors (Lipinski definition) is 1. The van der Waals surface area contributed by atoms with Gasteiger partial charge in [-0.25, -0.2) is 4.79 Å². The Balaban J connectivity index is 2.17. The predicted molar refractivity (Wildman–Crippen MR) is 80.2 cm³/mol. The van der Waals surface area contributed by atoms with E-state index >= 15 is 0 Å². The summed E-state index contributed by atoms with van der Waals surface area (Å²) in [6.07, 6.45) is 0.416. The highest BCUT2D eigenvalue weighted by atomic mass is 35.5. The number of carboxylic acids is 1. The number of aryl methyl sites for hydroxylation is 1. The van der Waals surface area contributed by atoms with Gasteiger partial charge in [-0.3, -0.25) is 4.79 Å². The molecule has 0 aliphatic carbocycles. The Labute approximate surface area is 130 Å². The van der Waals surface area contributed by atoms with E-state index in [-0.39, 0.29) is 17.2 Å². The van der Waals surface area contributed by atoms with Crippen LogP contribution in [-0.4, -0.2) is 28.9 Å². The summed E-state index contributed by atoms with van der Waals surface area (Å²) in [6.45, 7) is 2.16. The standard InChI is InChI=1S/C14H14ClNO4S/c1-3-10-9(14(18)19)6-11(20-10)13(17)16(2)7-8-4-5-12(15)21-8/h4-6H,3,7H2,1-2H3,(H,18,19). The van der Waals surface area contributed by atoms with Crippen molar-refractivity contribution in [2.45, 2.75) is 19.9 Å². The maximum Gasteiger partial charge on any atom is 0.339 e. The molecule has 1 N–H and O–H groups in total. The van der Waals surface area contributed by atoms with Crippen LogP contribution in [0.15, 0.2) is 22.6 Å². The zero-order valence-corrected chi connectivity index (χ0v) is 13.1. The number of thiophene rings is 1. The van der Waals surface area contributed by atoms with E-state index in [9.17, 15) is 9.59 Å². The van der Waals surface area contributed by atoms with Crippen LogP contribution in [-0.2, 0) is 13.0 Å². The summed E-state index contributed by atoms with van der Waals surface area (Å²) < 4.78 is 6.01. The summed E-state index contributed by atoms with van der Waals surface area (Å²) in [5.41, 5.74) is 0.0356. The van der Waals surface area contributed by atoms with Crippen LogP contribution in [0.5, 0.6) is 0 Å². The van der Waals surface area contributed by atoms with Crippen molar-refractivity contribution in [2.24, 2.45) is 0 Å². The minimum absolute atomic E-state index is 0.0356. The van der Waals surface area contributed by atoms with Gasteiger partial charge in [0.15, 0.2) is 5.76 Å². The second-order valence-electron chi connectivity index (χ2n) is 4.47. The van der Waals surface area contributed by atoms with E-state index in [2.05, 4.69) is 0 Å². The lowest BCUT2D eigenvalue weighted by Crippen LogP contribution is -2.25. The van der Waals surface area contributed by atoms with E-state index in [1.807, 2.05) is 6.07 Å². The maximum atomic E-state index is 12.3. The number of carbonyl (C=O) groups excluding carboxylic acids is 1. The van der Waals surface area contributed by atoms with Gasteiger partial charge < -0.3 is 14.4 Å². The van der Waals surface area contributed by atoms with Gasteiger partial charge in [-0.15, -0.1) is 11.3 Å². The molecule has 1 amide bonds. The molecule has 112 valence electrons. The maximum absolute atomic E-state index is 12.3. The fourth-order valence-electron chi connectivity index (χ4n) is 1.91. The van der Waals surface area contributed by atoms with E-state index in [1.54, 1.807) is 20.0 Å². The van der Waals surface area contributed by atoms with Crippen molar-refractivity contribution in [1.82, 2.24) is 4.90 Å². The van der Waals surface area contributed by atoms with Gasteiger partial charge in [-0.1, -0.05) is 18.5 Å². The van der Waals surface area contributed by atoms with Crippen LogP contribution in [0.3, 0.4) is 0 Å². The van der Waals surface area contributed by atoms with E-state index in [1.165, 1.54) is 22.3 Å². The largest absolute Gasteiger partial charge is 0.478 e. The molecule has 0 radical (unpaired) electrons. The molecular weight excluding hydrogens is 314 g/mol. The van der Waals surface area contributed by atoms with Gasteiger partial charge >= 0.3 is 5.97 Å². The van der Waals surface area contributed by atoms with Crippen molar-refractivity contribution in [3.05, 3.63) is 44.5 Å². The molecule has 0 unspecified atom stereocenters. The first-order valence-electron chi connectivity index (χ1n) is 6.28. The highest BCUT2D eigenvalue weighted by Gasteiger charge is 2.22. The molecule has 0 fully saturated rings. The van der Waals surface area contributed by atoms with Crippen LogP contribution in [0.1, 0.15) is 38.5 Å². The third-order valence-electron chi connectivity index (χ3n) is 2.94. The van der Waals surface area contributed by atoms with E-state index < -0.39 is 5.97 Å². The van der Waals surface area contributed by atoms with E-state index in [0.717, 1.165) is 4.88 Å². The normalized spacial score (nSPS) is 10.6. The average molecular weight is 328 g/mol. The van der Waals surface area contributed by atoms with Crippen LogP contribution in [0.4, 0.5) is 0 Å². The molecule has 0 spiro atoms. The number of hydrogen-bond acceptors (Lipinski definition) is 4. The lowest BCUT2D eigenvalue weighted by atomic mass is 10.2. The molecule has 2 aromatic rings. The second-order valence-corrected chi connectivity index (χ2v) is 6.27. The molecule has 0 atom stereocenters. The van der Waals surface area contributed by atoms with Crippen LogP contribution in [0.25, 0.3) is 0 Å². The zero-order valence-electron chi connectivity index (χ0n) is 11.6. The number of amides is 1. The van der Waals surface area contributed by atoms with Crippen molar-refractivity contribution in [2.75, 3.05) is 7.05 Å². The van der Waals surface area contributed by atoms with E-state index in [4.69, 9.17) is 21.1 Å². The fraction of sp³-hybridized carbons (Fsp3) is 0.286. The second kappa shape index (κ2) is 6.32. The smallest absolute Gasteiger partial charge is 0.339 e. The van der Waals surface area contributed by atoms with Crippen LogP contribution >= 0.6 is 22.9 Å². The summed E-state index contributed by atoms with van der Waals surface area (Å²) in [4.78, 5) is 25.8. The molecule has 2 rings (SSSR count). The third-order valence-corrected chi connectivity index (χ3v) is 4.16. The van der Waals surface area contributed by atoms with Crippen molar-refractivity contribution in [3.63, 3.8) is 0 Å². The molecule has 21 heavy (non-hydrogen) atoms. The number of rotatable bonds is 5. The molecule has 0 bridgehead atoms. The first-order chi connectivity index (χ1) is 9.92. The minimum Gasteiger partial charge on any atom is -0.478 e. The lowest BCUT2D eigenvalue weighted by molar-refractivity contribution is 0.0693. The van der Waals surface area contributed by atoms with Gasteiger partial charge in [-0.2, -0.15) is 0 Å².